The van der Waals surface area contributed by atoms with Crippen LogP contribution >= 0.6 is 15.9 Å². The second kappa shape index (κ2) is 7.41. The predicted molar refractivity (Wildman–Crippen MR) is 86.9 cm³/mol. The standard InChI is InChI=1S/C16H20BrN3O/c1-3-15(13-7-5-4-6-8-13)18-16(21)9-10-20-11-14(17)12(2)19-20/h4-8,11,15H,3,9-10H2,1-2H3,(H,18,21). The van der Waals surface area contributed by atoms with Gasteiger partial charge in [0.25, 0.3) is 0 Å². The van der Waals surface area contributed by atoms with Gasteiger partial charge in [-0.05, 0) is 34.8 Å². The van der Waals surface area contributed by atoms with E-state index >= 15 is 0 Å². The molecular weight excluding hydrogens is 330 g/mol. The van der Waals surface area contributed by atoms with Crippen molar-refractivity contribution >= 4 is 21.8 Å². The Morgan fingerprint density at radius 3 is 2.67 bits per heavy atom. The van der Waals surface area contributed by atoms with Crippen LogP contribution in [0, 0.1) is 6.92 Å². The molecule has 1 atom stereocenters. The smallest absolute Gasteiger partial charge is 0.222 e. The molecule has 112 valence electrons. The minimum Gasteiger partial charge on any atom is -0.349 e. The Bertz CT molecular complexity index is 575. The van der Waals surface area contributed by atoms with Crippen molar-refractivity contribution in [3.8, 4) is 0 Å². The highest BCUT2D eigenvalue weighted by atomic mass is 79.9. The van der Waals surface area contributed by atoms with Crippen LogP contribution in [0.25, 0.3) is 0 Å². The number of benzene rings is 1. The summed E-state index contributed by atoms with van der Waals surface area (Å²) in [5.41, 5.74) is 2.08. The van der Waals surface area contributed by atoms with Gasteiger partial charge in [-0.1, -0.05) is 37.3 Å². The normalized spacial score (nSPS) is 12.1. The Kier molecular flexibility index (Phi) is 5.56. The number of aryl methyl sites for hydroxylation is 2. The largest absolute Gasteiger partial charge is 0.349 e. The van der Waals surface area contributed by atoms with E-state index in [1.165, 1.54) is 0 Å². The van der Waals surface area contributed by atoms with E-state index in [0.29, 0.717) is 13.0 Å². The lowest BCUT2D eigenvalue weighted by atomic mass is 10.0. The Morgan fingerprint density at radius 2 is 2.10 bits per heavy atom. The Labute approximate surface area is 133 Å². The highest BCUT2D eigenvalue weighted by molar-refractivity contribution is 9.10. The summed E-state index contributed by atoms with van der Waals surface area (Å²) in [5, 5.41) is 7.41. The monoisotopic (exact) mass is 349 g/mol. The second-order valence-corrected chi connectivity index (χ2v) is 5.87. The molecule has 1 N–H and O–H groups in total. The summed E-state index contributed by atoms with van der Waals surface area (Å²) in [5.74, 6) is 0.0509. The predicted octanol–water partition coefficient (Wildman–Crippen LogP) is 3.61. The summed E-state index contributed by atoms with van der Waals surface area (Å²) >= 11 is 3.42. The molecule has 0 aliphatic rings. The van der Waals surface area contributed by atoms with Crippen LogP contribution in [0.1, 0.15) is 37.1 Å². The van der Waals surface area contributed by atoms with Gasteiger partial charge in [0.15, 0.2) is 0 Å². The van der Waals surface area contributed by atoms with E-state index in [2.05, 4.69) is 33.3 Å². The highest BCUT2D eigenvalue weighted by Gasteiger charge is 2.12. The Balaban J connectivity index is 1.88. The van der Waals surface area contributed by atoms with Crippen LogP contribution in [0.4, 0.5) is 0 Å². The fraction of sp³-hybridized carbons (Fsp3) is 0.375. The van der Waals surface area contributed by atoms with Crippen LogP contribution in [-0.2, 0) is 11.3 Å². The molecule has 0 saturated carbocycles. The minimum atomic E-state index is 0.0509. The number of rotatable bonds is 6. The van der Waals surface area contributed by atoms with E-state index in [0.717, 1.165) is 22.2 Å². The van der Waals surface area contributed by atoms with Crippen molar-refractivity contribution in [2.24, 2.45) is 0 Å². The molecule has 1 unspecified atom stereocenters. The Morgan fingerprint density at radius 1 is 1.38 bits per heavy atom. The van der Waals surface area contributed by atoms with E-state index in [9.17, 15) is 4.79 Å². The summed E-state index contributed by atoms with van der Waals surface area (Å²) in [7, 11) is 0. The number of carbonyl (C=O) groups is 1. The van der Waals surface area contributed by atoms with Gasteiger partial charge < -0.3 is 5.32 Å². The summed E-state index contributed by atoms with van der Waals surface area (Å²) in [4.78, 5) is 12.1. The number of amides is 1. The summed E-state index contributed by atoms with van der Waals surface area (Å²) in [6.45, 7) is 4.60. The van der Waals surface area contributed by atoms with Crippen molar-refractivity contribution < 1.29 is 4.79 Å². The van der Waals surface area contributed by atoms with Gasteiger partial charge >= 0.3 is 0 Å². The van der Waals surface area contributed by atoms with E-state index < -0.39 is 0 Å². The van der Waals surface area contributed by atoms with Gasteiger partial charge in [-0.3, -0.25) is 9.48 Å². The maximum absolute atomic E-state index is 12.1. The van der Waals surface area contributed by atoms with E-state index in [4.69, 9.17) is 0 Å². The van der Waals surface area contributed by atoms with Crippen molar-refractivity contribution in [2.75, 3.05) is 0 Å². The molecule has 2 aromatic rings. The van der Waals surface area contributed by atoms with Gasteiger partial charge in [0, 0.05) is 19.2 Å². The topological polar surface area (TPSA) is 46.9 Å². The van der Waals surface area contributed by atoms with Crippen molar-refractivity contribution in [3.05, 3.63) is 52.3 Å². The van der Waals surface area contributed by atoms with Crippen molar-refractivity contribution in [1.82, 2.24) is 15.1 Å². The molecule has 0 fully saturated rings. The first-order valence-electron chi connectivity index (χ1n) is 7.14. The van der Waals surface area contributed by atoms with Crippen LogP contribution in [0.5, 0.6) is 0 Å². The molecule has 0 radical (unpaired) electrons. The van der Waals surface area contributed by atoms with Gasteiger partial charge in [-0.2, -0.15) is 5.10 Å². The molecular formula is C16H20BrN3O. The first-order valence-corrected chi connectivity index (χ1v) is 7.93. The average Bonchev–Trinajstić information content (AvgIpc) is 2.82. The molecule has 5 heteroatoms. The lowest BCUT2D eigenvalue weighted by Gasteiger charge is -2.17. The molecule has 0 bridgehead atoms. The number of halogens is 1. The number of hydrogen-bond donors (Lipinski definition) is 1. The van der Waals surface area contributed by atoms with Crippen LogP contribution in [0.2, 0.25) is 0 Å². The average molecular weight is 350 g/mol. The lowest BCUT2D eigenvalue weighted by molar-refractivity contribution is -0.122. The summed E-state index contributed by atoms with van der Waals surface area (Å²) < 4.78 is 2.77. The fourth-order valence-electron chi connectivity index (χ4n) is 2.20. The quantitative estimate of drug-likeness (QED) is 0.865. The van der Waals surface area contributed by atoms with Crippen molar-refractivity contribution in [1.29, 1.82) is 0 Å². The molecule has 0 aliphatic heterocycles. The summed E-state index contributed by atoms with van der Waals surface area (Å²) in [6.07, 6.45) is 3.20. The lowest BCUT2D eigenvalue weighted by Crippen LogP contribution is -2.28. The van der Waals surface area contributed by atoms with Crippen molar-refractivity contribution in [2.45, 2.75) is 39.3 Å². The Hall–Kier alpha value is -1.62. The molecule has 21 heavy (non-hydrogen) atoms. The third kappa shape index (κ3) is 4.43. The van der Waals surface area contributed by atoms with E-state index in [-0.39, 0.29) is 11.9 Å². The van der Waals surface area contributed by atoms with Crippen LogP contribution in [-0.4, -0.2) is 15.7 Å². The van der Waals surface area contributed by atoms with Gasteiger partial charge in [0.2, 0.25) is 5.91 Å². The van der Waals surface area contributed by atoms with Crippen LogP contribution in [0.3, 0.4) is 0 Å². The fourth-order valence-corrected chi connectivity index (χ4v) is 2.51. The van der Waals surface area contributed by atoms with Gasteiger partial charge in [0.1, 0.15) is 0 Å². The molecule has 1 aromatic carbocycles. The molecule has 0 saturated heterocycles. The van der Waals surface area contributed by atoms with Crippen molar-refractivity contribution in [3.63, 3.8) is 0 Å². The third-order valence-corrected chi connectivity index (χ3v) is 4.18. The van der Waals surface area contributed by atoms with Gasteiger partial charge in [-0.25, -0.2) is 0 Å². The van der Waals surface area contributed by atoms with E-state index in [1.807, 2.05) is 43.5 Å². The van der Waals surface area contributed by atoms with Crippen LogP contribution in [0.15, 0.2) is 41.0 Å². The molecule has 4 nitrogen and oxygen atoms in total. The second-order valence-electron chi connectivity index (χ2n) is 5.01. The highest BCUT2D eigenvalue weighted by Crippen LogP contribution is 2.16. The molecule has 0 aliphatic carbocycles. The molecule has 1 heterocycles. The number of nitrogens with one attached hydrogen (secondary N) is 1. The number of carbonyl (C=O) groups excluding carboxylic acids is 1. The SMILES string of the molecule is CCC(NC(=O)CCn1cc(Br)c(C)n1)c1ccccc1. The molecule has 2 rings (SSSR count). The first kappa shape index (κ1) is 15.8. The number of hydrogen-bond acceptors (Lipinski definition) is 2. The van der Waals surface area contributed by atoms with Crippen LogP contribution < -0.4 is 5.32 Å². The molecule has 1 aromatic heterocycles. The third-order valence-electron chi connectivity index (χ3n) is 3.40. The maximum Gasteiger partial charge on any atom is 0.222 e. The zero-order valence-corrected chi connectivity index (χ0v) is 13.9. The zero-order chi connectivity index (χ0) is 15.2. The number of nitrogens with zero attached hydrogens (tertiary/aromatic N) is 2. The first-order chi connectivity index (χ1) is 10.1. The minimum absolute atomic E-state index is 0.0509. The molecule has 1 amide bonds. The maximum atomic E-state index is 12.1. The van der Waals surface area contributed by atoms with Gasteiger partial charge in [-0.15, -0.1) is 0 Å². The molecule has 0 spiro atoms. The zero-order valence-electron chi connectivity index (χ0n) is 12.3. The van der Waals surface area contributed by atoms with E-state index in [1.54, 1.807) is 4.68 Å². The summed E-state index contributed by atoms with van der Waals surface area (Å²) in [6, 6.07) is 10.1. The number of aromatic nitrogens is 2. The van der Waals surface area contributed by atoms with Gasteiger partial charge in [0.05, 0.1) is 16.2 Å².